The number of benzene rings is 1. The summed E-state index contributed by atoms with van der Waals surface area (Å²) in [5, 5.41) is 15.6. The van der Waals surface area contributed by atoms with Gasteiger partial charge in [-0.15, -0.1) is 0 Å². The Kier molecular flexibility index (Phi) is 8.51. The number of carbonyl (C=O) groups is 3. The van der Waals surface area contributed by atoms with Crippen molar-refractivity contribution in [2.45, 2.75) is 46.6 Å². The molecule has 0 saturated carbocycles. The van der Waals surface area contributed by atoms with Crippen LogP contribution >= 0.6 is 0 Å². The first-order valence-electron chi connectivity index (χ1n) is 13.4. The number of rotatable bonds is 7. The van der Waals surface area contributed by atoms with Gasteiger partial charge in [-0.1, -0.05) is 45.0 Å². The van der Waals surface area contributed by atoms with Gasteiger partial charge in [0.1, 0.15) is 11.7 Å². The van der Waals surface area contributed by atoms with Gasteiger partial charge in [-0.2, -0.15) is 9.78 Å². The SMILES string of the molecule is Cc1c(C2CCN(C(=O)CN3CCOCC3)CC2=O)nn(C(=O)C(C)(C)C)c1NCc1ccc(C(=N)N)cc1. The number of likely N-dealkylation sites (tertiary alicyclic amines) is 1. The molecule has 2 fully saturated rings. The molecular formula is C28H39N7O4. The van der Waals surface area contributed by atoms with E-state index in [1.54, 1.807) is 17.0 Å². The number of nitrogens with zero attached hydrogens (tertiary/aromatic N) is 4. The van der Waals surface area contributed by atoms with Crippen LogP contribution in [0.5, 0.6) is 0 Å². The molecule has 2 aromatic rings. The summed E-state index contributed by atoms with van der Waals surface area (Å²) >= 11 is 0. The molecule has 2 aliphatic heterocycles. The smallest absolute Gasteiger partial charge is 0.254 e. The Balaban J connectivity index is 1.51. The van der Waals surface area contributed by atoms with Gasteiger partial charge < -0.3 is 20.7 Å². The first-order valence-corrected chi connectivity index (χ1v) is 13.4. The summed E-state index contributed by atoms with van der Waals surface area (Å²) in [5.74, 6) is -0.230. The van der Waals surface area contributed by atoms with E-state index in [1.165, 1.54) is 4.68 Å². The lowest BCUT2D eigenvalue weighted by molar-refractivity contribution is -0.140. The zero-order chi connectivity index (χ0) is 28.3. The number of aromatic nitrogens is 2. The van der Waals surface area contributed by atoms with E-state index in [-0.39, 0.29) is 36.5 Å². The molecule has 39 heavy (non-hydrogen) atoms. The van der Waals surface area contributed by atoms with Gasteiger partial charge in [0, 0.05) is 42.7 Å². The Morgan fingerprint density at radius 2 is 1.82 bits per heavy atom. The van der Waals surface area contributed by atoms with Crippen LogP contribution in [0.15, 0.2) is 24.3 Å². The maximum Gasteiger partial charge on any atom is 0.254 e. The standard InChI is InChI=1S/C28H39N7O4/c1-18-24(21-9-10-34(16-22(21)36)23(37)17-33-11-13-39-14-12-33)32-35(27(38)28(2,3)4)26(18)31-15-19-5-7-20(8-6-19)25(29)30/h5-8,21,31H,9-17H2,1-4H3,(H3,29,30). The number of piperidine rings is 1. The third kappa shape index (κ3) is 6.54. The molecular weight excluding hydrogens is 498 g/mol. The fraction of sp³-hybridized carbons (Fsp3) is 0.536. The summed E-state index contributed by atoms with van der Waals surface area (Å²) < 4.78 is 6.74. The van der Waals surface area contributed by atoms with E-state index in [9.17, 15) is 14.4 Å². The van der Waals surface area contributed by atoms with E-state index in [1.807, 2.05) is 39.8 Å². The molecule has 2 aliphatic rings. The van der Waals surface area contributed by atoms with Gasteiger partial charge >= 0.3 is 0 Å². The van der Waals surface area contributed by atoms with Crippen LogP contribution in [0.1, 0.15) is 60.3 Å². The van der Waals surface area contributed by atoms with Gasteiger partial charge in [0.25, 0.3) is 5.91 Å². The predicted molar refractivity (Wildman–Crippen MR) is 148 cm³/mol. The number of ketones is 1. The largest absolute Gasteiger partial charge is 0.384 e. The summed E-state index contributed by atoms with van der Waals surface area (Å²) in [5.41, 5.74) is 7.78. The Labute approximate surface area is 229 Å². The van der Waals surface area contributed by atoms with E-state index >= 15 is 0 Å². The first-order chi connectivity index (χ1) is 18.5. The van der Waals surface area contributed by atoms with Crippen LogP contribution < -0.4 is 11.1 Å². The molecule has 0 aliphatic carbocycles. The van der Waals surface area contributed by atoms with Crippen molar-refractivity contribution in [1.29, 1.82) is 5.41 Å². The van der Waals surface area contributed by atoms with Crippen molar-refractivity contribution in [2.75, 3.05) is 51.3 Å². The molecule has 210 valence electrons. The number of amides is 1. The lowest BCUT2D eigenvalue weighted by atomic mass is 9.90. The highest BCUT2D eigenvalue weighted by Crippen LogP contribution is 2.33. The highest BCUT2D eigenvalue weighted by Gasteiger charge is 2.36. The normalized spacial score (nSPS) is 18.7. The molecule has 0 spiro atoms. The number of ether oxygens (including phenoxy) is 1. The van der Waals surface area contributed by atoms with Gasteiger partial charge in [-0.3, -0.25) is 24.7 Å². The van der Waals surface area contributed by atoms with Gasteiger partial charge in [-0.25, -0.2) is 0 Å². The van der Waals surface area contributed by atoms with Crippen molar-refractivity contribution in [3.63, 3.8) is 0 Å². The van der Waals surface area contributed by atoms with Gasteiger partial charge in [-0.05, 0) is 18.9 Å². The minimum absolute atomic E-state index is 0.00218. The first kappa shape index (κ1) is 28.4. The van der Waals surface area contributed by atoms with Crippen LogP contribution in [0.2, 0.25) is 0 Å². The third-order valence-corrected chi connectivity index (χ3v) is 7.29. The molecule has 1 amide bonds. The van der Waals surface area contributed by atoms with Gasteiger partial charge in [0.05, 0.1) is 37.9 Å². The quantitative estimate of drug-likeness (QED) is 0.359. The molecule has 11 nitrogen and oxygen atoms in total. The molecule has 4 N–H and O–H groups in total. The predicted octanol–water partition coefficient (Wildman–Crippen LogP) is 1.99. The minimum Gasteiger partial charge on any atom is -0.384 e. The van der Waals surface area contributed by atoms with E-state index in [0.717, 1.165) is 11.1 Å². The summed E-state index contributed by atoms with van der Waals surface area (Å²) in [6.07, 6.45) is 0.460. The van der Waals surface area contributed by atoms with Crippen LogP contribution in [-0.2, 0) is 20.9 Å². The molecule has 3 heterocycles. The molecule has 0 bridgehead atoms. The van der Waals surface area contributed by atoms with Gasteiger partial charge in [0.15, 0.2) is 5.78 Å². The van der Waals surface area contributed by atoms with E-state index in [4.69, 9.17) is 15.9 Å². The summed E-state index contributed by atoms with van der Waals surface area (Å²) in [6, 6.07) is 7.31. The van der Waals surface area contributed by atoms with Crippen molar-refractivity contribution < 1.29 is 19.1 Å². The monoisotopic (exact) mass is 537 g/mol. The average molecular weight is 538 g/mol. The minimum atomic E-state index is -0.686. The lowest BCUT2D eigenvalue weighted by Gasteiger charge is -2.33. The fourth-order valence-electron chi connectivity index (χ4n) is 4.88. The number of carbonyl (C=O) groups excluding carboxylic acids is 3. The second-order valence-electron chi connectivity index (χ2n) is 11.3. The zero-order valence-electron chi connectivity index (χ0n) is 23.2. The van der Waals surface area contributed by atoms with E-state index in [2.05, 4.69) is 15.3 Å². The molecule has 11 heteroatoms. The van der Waals surface area contributed by atoms with Crippen LogP contribution in [-0.4, -0.2) is 89.0 Å². The average Bonchev–Trinajstić information content (AvgIpc) is 3.22. The number of hydrogen-bond acceptors (Lipinski definition) is 8. The topological polar surface area (TPSA) is 147 Å². The van der Waals surface area contributed by atoms with Crippen molar-refractivity contribution in [1.82, 2.24) is 19.6 Å². The Morgan fingerprint density at radius 1 is 1.15 bits per heavy atom. The second-order valence-corrected chi connectivity index (χ2v) is 11.3. The molecule has 4 rings (SSSR count). The van der Waals surface area contributed by atoms with Crippen LogP contribution in [0, 0.1) is 17.7 Å². The van der Waals surface area contributed by atoms with Gasteiger partial charge in [0.2, 0.25) is 5.91 Å². The Bertz CT molecular complexity index is 1240. The molecule has 1 aromatic carbocycles. The second kappa shape index (κ2) is 11.7. The van der Waals surface area contributed by atoms with Crippen LogP contribution in [0.25, 0.3) is 0 Å². The number of hydrogen-bond donors (Lipinski definition) is 3. The molecule has 2 saturated heterocycles. The highest BCUT2D eigenvalue weighted by atomic mass is 16.5. The number of Topliss-reactive ketones (excluding diaryl/α,β-unsaturated/α-hetero) is 1. The molecule has 0 radical (unpaired) electrons. The zero-order valence-corrected chi connectivity index (χ0v) is 23.2. The fourth-order valence-corrected chi connectivity index (χ4v) is 4.88. The molecule has 1 unspecified atom stereocenters. The van der Waals surface area contributed by atoms with E-state index < -0.39 is 11.3 Å². The molecule has 1 aromatic heterocycles. The summed E-state index contributed by atoms with van der Waals surface area (Å²) in [4.78, 5) is 43.2. The number of nitrogens with two attached hydrogens (primary N) is 1. The van der Waals surface area contributed by atoms with Crippen LogP contribution in [0.3, 0.4) is 0 Å². The maximum atomic E-state index is 13.4. The number of anilines is 1. The number of amidine groups is 1. The Morgan fingerprint density at radius 3 is 2.41 bits per heavy atom. The van der Waals surface area contributed by atoms with E-state index in [0.29, 0.717) is 62.9 Å². The lowest BCUT2D eigenvalue weighted by Crippen LogP contribution is -2.49. The van der Waals surface area contributed by atoms with Crippen molar-refractivity contribution >= 4 is 29.3 Å². The highest BCUT2D eigenvalue weighted by molar-refractivity contribution is 5.95. The number of nitrogens with one attached hydrogen (secondary N) is 2. The van der Waals surface area contributed by atoms with Crippen molar-refractivity contribution in [3.8, 4) is 0 Å². The number of nitrogen functional groups attached to an aromatic ring is 1. The maximum absolute atomic E-state index is 13.4. The summed E-state index contributed by atoms with van der Waals surface area (Å²) in [6.45, 7) is 11.2. The Hall–Kier alpha value is -3.57. The van der Waals surface area contributed by atoms with Crippen molar-refractivity contribution in [2.24, 2.45) is 11.1 Å². The summed E-state index contributed by atoms with van der Waals surface area (Å²) in [7, 11) is 0. The van der Waals surface area contributed by atoms with Crippen molar-refractivity contribution in [3.05, 3.63) is 46.6 Å². The van der Waals surface area contributed by atoms with Crippen LogP contribution in [0.4, 0.5) is 5.82 Å². The number of morpholine rings is 1. The third-order valence-electron chi connectivity index (χ3n) is 7.29. The molecule has 1 atom stereocenters.